The quantitative estimate of drug-likeness (QED) is 0.863. The molecule has 0 radical (unpaired) electrons. The predicted molar refractivity (Wildman–Crippen MR) is 50.3 cm³/mol. The number of aromatic nitrogens is 1. The molecule has 4 nitrogen and oxygen atoms in total. The van der Waals surface area contributed by atoms with Crippen molar-refractivity contribution < 1.29 is 31.9 Å². The van der Waals surface area contributed by atoms with E-state index in [9.17, 15) is 26.7 Å². The Hall–Kier alpha value is -2.24. The zero-order chi connectivity index (χ0) is 14.8. The van der Waals surface area contributed by atoms with Crippen molar-refractivity contribution in [2.75, 3.05) is 0 Å². The van der Waals surface area contributed by atoms with Crippen LogP contribution in [-0.4, -0.2) is 16.1 Å². The van der Waals surface area contributed by atoms with Crippen molar-refractivity contribution in [1.82, 2.24) is 4.98 Å². The molecule has 0 fully saturated rings. The van der Waals surface area contributed by atoms with Gasteiger partial charge in [0.15, 0.2) is 0 Å². The summed E-state index contributed by atoms with van der Waals surface area (Å²) in [4.78, 5) is 13.4. The Bertz CT molecular complexity index is 548. The Morgan fingerprint density at radius 3 is 2.42 bits per heavy atom. The zero-order valence-corrected chi connectivity index (χ0v) is 9.00. The SMILES string of the molecule is N#Cc1c(C(F)F)ncc(C(F)(F)F)c1CC(=O)O. The maximum absolute atomic E-state index is 12.6. The van der Waals surface area contributed by atoms with Crippen molar-refractivity contribution in [1.29, 1.82) is 5.26 Å². The molecule has 1 aromatic rings. The molecule has 0 aliphatic carbocycles. The molecular formula is C10H5F5N2O2. The van der Waals surface area contributed by atoms with Gasteiger partial charge in [-0.3, -0.25) is 9.78 Å². The Labute approximate surface area is 103 Å². The maximum atomic E-state index is 12.6. The number of halogens is 5. The molecule has 9 heteroatoms. The van der Waals surface area contributed by atoms with Gasteiger partial charge in [0.05, 0.1) is 17.5 Å². The van der Waals surface area contributed by atoms with Gasteiger partial charge in [0, 0.05) is 6.20 Å². The Morgan fingerprint density at radius 1 is 1.47 bits per heavy atom. The smallest absolute Gasteiger partial charge is 0.418 e. The van der Waals surface area contributed by atoms with Gasteiger partial charge in [0.25, 0.3) is 6.43 Å². The summed E-state index contributed by atoms with van der Waals surface area (Å²) in [7, 11) is 0. The van der Waals surface area contributed by atoms with E-state index in [0.29, 0.717) is 0 Å². The molecule has 1 aromatic heterocycles. The van der Waals surface area contributed by atoms with Crippen LogP contribution in [0.25, 0.3) is 0 Å². The molecule has 0 aliphatic rings. The van der Waals surface area contributed by atoms with Crippen LogP contribution >= 0.6 is 0 Å². The van der Waals surface area contributed by atoms with E-state index in [-0.39, 0.29) is 6.20 Å². The third-order valence-corrected chi connectivity index (χ3v) is 2.17. The molecule has 0 aliphatic heterocycles. The molecule has 0 saturated carbocycles. The number of hydrogen-bond donors (Lipinski definition) is 1. The molecule has 0 amide bonds. The second kappa shape index (κ2) is 5.17. The number of aliphatic carboxylic acids is 1. The minimum Gasteiger partial charge on any atom is -0.481 e. The Kier molecular flexibility index (Phi) is 4.04. The highest BCUT2D eigenvalue weighted by Gasteiger charge is 2.37. The van der Waals surface area contributed by atoms with Gasteiger partial charge in [-0.1, -0.05) is 0 Å². The van der Waals surface area contributed by atoms with Gasteiger partial charge in [-0.2, -0.15) is 18.4 Å². The molecular weight excluding hydrogens is 275 g/mol. The van der Waals surface area contributed by atoms with Crippen LogP contribution in [0.5, 0.6) is 0 Å². The summed E-state index contributed by atoms with van der Waals surface area (Å²) < 4.78 is 62.9. The number of carbonyl (C=O) groups is 1. The topological polar surface area (TPSA) is 74.0 Å². The largest absolute Gasteiger partial charge is 0.481 e. The maximum Gasteiger partial charge on any atom is 0.418 e. The number of alkyl halides is 5. The van der Waals surface area contributed by atoms with Gasteiger partial charge >= 0.3 is 12.1 Å². The summed E-state index contributed by atoms with van der Waals surface area (Å²) in [6, 6.07) is 1.16. The first-order valence-electron chi connectivity index (χ1n) is 4.67. The molecule has 0 unspecified atom stereocenters. The number of carboxylic acid groups (broad SMARTS) is 1. The van der Waals surface area contributed by atoms with Crippen LogP contribution in [0.3, 0.4) is 0 Å². The molecule has 0 aromatic carbocycles. The van der Waals surface area contributed by atoms with Crippen LogP contribution < -0.4 is 0 Å². The van der Waals surface area contributed by atoms with Crippen molar-refractivity contribution >= 4 is 5.97 Å². The van der Waals surface area contributed by atoms with E-state index >= 15 is 0 Å². The molecule has 19 heavy (non-hydrogen) atoms. The van der Waals surface area contributed by atoms with Crippen LogP contribution in [-0.2, 0) is 17.4 Å². The van der Waals surface area contributed by atoms with Gasteiger partial charge in [-0.25, -0.2) is 8.78 Å². The first-order valence-corrected chi connectivity index (χ1v) is 4.67. The molecule has 1 heterocycles. The third-order valence-electron chi connectivity index (χ3n) is 2.17. The van der Waals surface area contributed by atoms with Gasteiger partial charge in [0.2, 0.25) is 0 Å². The van der Waals surface area contributed by atoms with E-state index < -0.39 is 47.4 Å². The van der Waals surface area contributed by atoms with E-state index in [0.717, 1.165) is 6.07 Å². The lowest BCUT2D eigenvalue weighted by Crippen LogP contribution is -2.16. The summed E-state index contributed by atoms with van der Waals surface area (Å²) in [6.07, 6.45) is -9.34. The highest BCUT2D eigenvalue weighted by Crippen LogP contribution is 2.35. The number of nitriles is 1. The van der Waals surface area contributed by atoms with Crippen LogP contribution in [0, 0.1) is 11.3 Å². The molecule has 0 saturated heterocycles. The summed E-state index contributed by atoms with van der Waals surface area (Å²) in [5.41, 5.74) is -4.72. The fraction of sp³-hybridized carbons (Fsp3) is 0.300. The standard InChI is InChI=1S/C10H5F5N2O2/c11-9(12)8-5(2-16)4(1-7(18)19)6(3-17-8)10(13,14)15/h3,9H,1H2,(H,18,19). The summed E-state index contributed by atoms with van der Waals surface area (Å²) in [5.74, 6) is -1.67. The lowest BCUT2D eigenvalue weighted by Gasteiger charge is -2.14. The lowest BCUT2D eigenvalue weighted by atomic mass is 9.98. The monoisotopic (exact) mass is 280 g/mol. The highest BCUT2D eigenvalue weighted by atomic mass is 19.4. The Balaban J connectivity index is 3.61. The van der Waals surface area contributed by atoms with Crippen molar-refractivity contribution in [2.24, 2.45) is 0 Å². The van der Waals surface area contributed by atoms with E-state index in [4.69, 9.17) is 10.4 Å². The lowest BCUT2D eigenvalue weighted by molar-refractivity contribution is -0.140. The molecule has 102 valence electrons. The number of nitrogens with zero attached hydrogens (tertiary/aromatic N) is 2. The van der Waals surface area contributed by atoms with E-state index in [1.165, 1.54) is 0 Å². The first-order chi connectivity index (χ1) is 8.68. The second-order valence-corrected chi connectivity index (χ2v) is 3.39. The van der Waals surface area contributed by atoms with Crippen molar-refractivity contribution in [3.8, 4) is 6.07 Å². The van der Waals surface area contributed by atoms with Crippen LogP contribution in [0.1, 0.15) is 28.8 Å². The second-order valence-electron chi connectivity index (χ2n) is 3.39. The van der Waals surface area contributed by atoms with Crippen molar-refractivity contribution in [2.45, 2.75) is 19.0 Å². The minimum absolute atomic E-state index is 0.112. The molecule has 1 rings (SSSR count). The Morgan fingerprint density at radius 2 is 2.05 bits per heavy atom. The summed E-state index contributed by atoms with van der Waals surface area (Å²) >= 11 is 0. The zero-order valence-electron chi connectivity index (χ0n) is 9.00. The minimum atomic E-state index is -4.98. The fourth-order valence-corrected chi connectivity index (χ4v) is 1.44. The number of carboxylic acids is 1. The van der Waals surface area contributed by atoms with Gasteiger partial charge in [-0.15, -0.1) is 0 Å². The number of hydrogen-bond acceptors (Lipinski definition) is 3. The summed E-state index contributed by atoms with van der Waals surface area (Å²) in [6.45, 7) is 0. The third kappa shape index (κ3) is 3.15. The first kappa shape index (κ1) is 14.8. The van der Waals surface area contributed by atoms with Gasteiger partial charge in [0.1, 0.15) is 11.8 Å². The number of pyridine rings is 1. The van der Waals surface area contributed by atoms with E-state index in [1.807, 2.05) is 0 Å². The van der Waals surface area contributed by atoms with Crippen LogP contribution in [0.2, 0.25) is 0 Å². The van der Waals surface area contributed by atoms with Gasteiger partial charge < -0.3 is 5.11 Å². The van der Waals surface area contributed by atoms with Gasteiger partial charge in [-0.05, 0) is 5.56 Å². The van der Waals surface area contributed by atoms with Crippen molar-refractivity contribution in [3.63, 3.8) is 0 Å². The summed E-state index contributed by atoms with van der Waals surface area (Å²) in [5, 5.41) is 17.2. The predicted octanol–water partition coefficient (Wildman–Crippen LogP) is 2.54. The molecule has 1 N–H and O–H groups in total. The van der Waals surface area contributed by atoms with Crippen LogP contribution in [0.4, 0.5) is 22.0 Å². The molecule has 0 bridgehead atoms. The number of rotatable bonds is 3. The van der Waals surface area contributed by atoms with E-state index in [1.54, 1.807) is 0 Å². The average Bonchev–Trinajstić information content (AvgIpc) is 2.25. The normalized spacial score (nSPS) is 11.4. The van der Waals surface area contributed by atoms with E-state index in [2.05, 4.69) is 4.98 Å². The van der Waals surface area contributed by atoms with Crippen LogP contribution in [0.15, 0.2) is 6.20 Å². The highest BCUT2D eigenvalue weighted by molar-refractivity contribution is 5.72. The average molecular weight is 280 g/mol. The van der Waals surface area contributed by atoms with Crippen molar-refractivity contribution in [3.05, 3.63) is 28.6 Å². The fourth-order valence-electron chi connectivity index (χ4n) is 1.44. The molecule has 0 atom stereocenters. The molecule has 0 spiro atoms.